The highest BCUT2D eigenvalue weighted by Gasteiger charge is 2.06. The molecule has 0 saturated heterocycles. The van der Waals surface area contributed by atoms with Gasteiger partial charge in [-0.3, -0.25) is 0 Å². The van der Waals surface area contributed by atoms with Gasteiger partial charge in [0, 0.05) is 41.4 Å². The van der Waals surface area contributed by atoms with Gasteiger partial charge in [0.25, 0.3) is 0 Å². The number of rotatable bonds is 5. The van der Waals surface area contributed by atoms with Crippen LogP contribution in [0.1, 0.15) is 19.4 Å². The standard InChI is InChI=1S/C14H18BrN3S/c1-10(2)17-9-11-4-5-12(8-13(11)15)19-14-16-6-7-18(14)3/h4-8,10,17H,9H2,1-3H3. The largest absolute Gasteiger partial charge is 0.329 e. The fourth-order valence-electron chi connectivity index (χ4n) is 1.60. The maximum Gasteiger partial charge on any atom is 0.172 e. The SMILES string of the molecule is CC(C)NCc1ccc(Sc2nccn2C)cc1Br. The minimum atomic E-state index is 0.494. The van der Waals surface area contributed by atoms with Gasteiger partial charge in [-0.1, -0.05) is 47.6 Å². The van der Waals surface area contributed by atoms with E-state index in [2.05, 4.69) is 58.3 Å². The molecule has 19 heavy (non-hydrogen) atoms. The van der Waals surface area contributed by atoms with Crippen LogP contribution in [0.15, 0.2) is 45.1 Å². The van der Waals surface area contributed by atoms with Crippen LogP contribution in [0, 0.1) is 0 Å². The Hall–Kier alpha value is -0.780. The highest BCUT2D eigenvalue weighted by atomic mass is 79.9. The van der Waals surface area contributed by atoms with Crippen molar-refractivity contribution in [1.29, 1.82) is 0 Å². The summed E-state index contributed by atoms with van der Waals surface area (Å²) >= 11 is 5.31. The maximum atomic E-state index is 4.32. The van der Waals surface area contributed by atoms with E-state index >= 15 is 0 Å². The summed E-state index contributed by atoms with van der Waals surface area (Å²) in [4.78, 5) is 5.51. The summed E-state index contributed by atoms with van der Waals surface area (Å²) in [5.74, 6) is 0. The number of imidazole rings is 1. The summed E-state index contributed by atoms with van der Waals surface area (Å²) in [5.41, 5.74) is 1.28. The Morgan fingerprint density at radius 2 is 2.21 bits per heavy atom. The van der Waals surface area contributed by atoms with E-state index in [0.29, 0.717) is 6.04 Å². The average molecular weight is 340 g/mol. The molecule has 0 unspecified atom stereocenters. The minimum Gasteiger partial charge on any atom is -0.329 e. The molecule has 2 aromatic rings. The van der Waals surface area contributed by atoms with Crippen LogP contribution in [-0.4, -0.2) is 15.6 Å². The number of nitrogens with zero attached hydrogens (tertiary/aromatic N) is 2. The lowest BCUT2D eigenvalue weighted by atomic mass is 10.2. The number of benzene rings is 1. The quantitative estimate of drug-likeness (QED) is 0.897. The van der Waals surface area contributed by atoms with Crippen LogP contribution in [0.2, 0.25) is 0 Å². The molecule has 0 bridgehead atoms. The van der Waals surface area contributed by atoms with Crippen molar-refractivity contribution in [3.05, 3.63) is 40.6 Å². The van der Waals surface area contributed by atoms with Gasteiger partial charge in [-0.25, -0.2) is 4.98 Å². The molecule has 0 aliphatic rings. The van der Waals surface area contributed by atoms with Crippen LogP contribution < -0.4 is 5.32 Å². The van der Waals surface area contributed by atoms with E-state index in [0.717, 1.165) is 16.2 Å². The summed E-state index contributed by atoms with van der Waals surface area (Å²) in [6.07, 6.45) is 3.77. The van der Waals surface area contributed by atoms with Crippen molar-refractivity contribution in [2.24, 2.45) is 7.05 Å². The zero-order valence-corrected chi connectivity index (χ0v) is 13.8. The molecular formula is C14H18BrN3S. The Kier molecular flexibility index (Phi) is 5.07. The zero-order valence-electron chi connectivity index (χ0n) is 11.4. The normalized spacial score (nSPS) is 11.2. The Morgan fingerprint density at radius 3 is 2.79 bits per heavy atom. The third kappa shape index (κ3) is 4.09. The average Bonchev–Trinajstić information content (AvgIpc) is 2.74. The Labute approximate surface area is 126 Å². The highest BCUT2D eigenvalue weighted by molar-refractivity contribution is 9.10. The van der Waals surface area contributed by atoms with Gasteiger partial charge in [0.05, 0.1) is 0 Å². The zero-order chi connectivity index (χ0) is 13.8. The molecule has 0 spiro atoms. The molecule has 0 atom stereocenters. The fourth-order valence-corrected chi connectivity index (χ4v) is 3.12. The second kappa shape index (κ2) is 6.59. The molecule has 3 nitrogen and oxygen atoms in total. The molecule has 0 aliphatic heterocycles. The van der Waals surface area contributed by atoms with Crippen molar-refractivity contribution in [2.75, 3.05) is 0 Å². The van der Waals surface area contributed by atoms with Gasteiger partial charge < -0.3 is 9.88 Å². The number of halogens is 1. The molecule has 5 heteroatoms. The van der Waals surface area contributed by atoms with Gasteiger partial charge in [0.1, 0.15) is 0 Å². The molecule has 102 valence electrons. The van der Waals surface area contributed by atoms with E-state index in [-0.39, 0.29) is 0 Å². The molecule has 0 amide bonds. The van der Waals surface area contributed by atoms with Crippen molar-refractivity contribution < 1.29 is 0 Å². The van der Waals surface area contributed by atoms with E-state index in [4.69, 9.17) is 0 Å². The Balaban J connectivity index is 2.08. The topological polar surface area (TPSA) is 29.9 Å². The van der Waals surface area contributed by atoms with E-state index in [1.54, 1.807) is 11.8 Å². The predicted molar refractivity (Wildman–Crippen MR) is 83.4 cm³/mol. The monoisotopic (exact) mass is 339 g/mol. The summed E-state index contributed by atoms with van der Waals surface area (Å²) in [6, 6.07) is 6.94. The lowest BCUT2D eigenvalue weighted by Gasteiger charge is -2.11. The molecule has 0 fully saturated rings. The summed E-state index contributed by atoms with van der Waals surface area (Å²) < 4.78 is 3.16. The molecule has 0 radical (unpaired) electrons. The molecule has 1 heterocycles. The second-order valence-electron chi connectivity index (χ2n) is 4.71. The van der Waals surface area contributed by atoms with Crippen LogP contribution >= 0.6 is 27.7 Å². The van der Waals surface area contributed by atoms with Gasteiger partial charge >= 0.3 is 0 Å². The lowest BCUT2D eigenvalue weighted by Crippen LogP contribution is -2.21. The lowest BCUT2D eigenvalue weighted by molar-refractivity contribution is 0.587. The molecule has 1 aromatic carbocycles. The van der Waals surface area contributed by atoms with Gasteiger partial charge in [-0.05, 0) is 17.7 Å². The summed E-state index contributed by atoms with van der Waals surface area (Å²) in [5, 5.41) is 4.42. The Bertz CT molecular complexity index is 551. The van der Waals surface area contributed by atoms with Gasteiger partial charge in [-0.2, -0.15) is 0 Å². The fraction of sp³-hybridized carbons (Fsp3) is 0.357. The van der Waals surface area contributed by atoms with Crippen molar-refractivity contribution in [3.63, 3.8) is 0 Å². The Morgan fingerprint density at radius 1 is 1.42 bits per heavy atom. The van der Waals surface area contributed by atoms with Crippen molar-refractivity contribution >= 4 is 27.7 Å². The molecule has 2 rings (SSSR count). The van der Waals surface area contributed by atoms with Crippen molar-refractivity contribution in [1.82, 2.24) is 14.9 Å². The number of hydrogen-bond acceptors (Lipinski definition) is 3. The van der Waals surface area contributed by atoms with E-state index in [1.165, 1.54) is 10.5 Å². The van der Waals surface area contributed by atoms with Gasteiger partial charge in [0.15, 0.2) is 5.16 Å². The van der Waals surface area contributed by atoms with Crippen LogP contribution in [0.5, 0.6) is 0 Å². The molecule has 0 saturated carbocycles. The summed E-state index contributed by atoms with van der Waals surface area (Å²) in [7, 11) is 2.01. The smallest absolute Gasteiger partial charge is 0.172 e. The minimum absolute atomic E-state index is 0.494. The van der Waals surface area contributed by atoms with Crippen molar-refractivity contribution in [3.8, 4) is 0 Å². The third-order valence-electron chi connectivity index (χ3n) is 2.71. The van der Waals surface area contributed by atoms with Gasteiger partial charge in [-0.15, -0.1) is 0 Å². The first-order valence-corrected chi connectivity index (χ1v) is 7.84. The van der Waals surface area contributed by atoms with Crippen LogP contribution in [-0.2, 0) is 13.6 Å². The number of aryl methyl sites for hydroxylation is 1. The number of nitrogens with one attached hydrogen (secondary N) is 1. The highest BCUT2D eigenvalue weighted by Crippen LogP contribution is 2.29. The van der Waals surface area contributed by atoms with Crippen LogP contribution in [0.4, 0.5) is 0 Å². The van der Waals surface area contributed by atoms with Crippen molar-refractivity contribution in [2.45, 2.75) is 36.5 Å². The first kappa shape index (κ1) is 14.6. The van der Waals surface area contributed by atoms with Crippen LogP contribution in [0.25, 0.3) is 0 Å². The summed E-state index contributed by atoms with van der Waals surface area (Å²) in [6.45, 7) is 5.18. The van der Waals surface area contributed by atoms with E-state index in [1.807, 2.05) is 24.0 Å². The molecular weight excluding hydrogens is 322 g/mol. The first-order valence-electron chi connectivity index (χ1n) is 6.23. The van der Waals surface area contributed by atoms with E-state index < -0.39 is 0 Å². The maximum absolute atomic E-state index is 4.32. The van der Waals surface area contributed by atoms with Gasteiger partial charge in [0.2, 0.25) is 0 Å². The number of hydrogen-bond donors (Lipinski definition) is 1. The molecule has 0 aliphatic carbocycles. The first-order chi connectivity index (χ1) is 9.06. The predicted octanol–water partition coefficient (Wildman–Crippen LogP) is 3.83. The number of aromatic nitrogens is 2. The molecule has 1 N–H and O–H groups in total. The molecule has 1 aromatic heterocycles. The van der Waals surface area contributed by atoms with E-state index in [9.17, 15) is 0 Å². The van der Waals surface area contributed by atoms with Crippen LogP contribution in [0.3, 0.4) is 0 Å². The third-order valence-corrected chi connectivity index (χ3v) is 4.52. The second-order valence-corrected chi connectivity index (χ2v) is 6.61.